The number of hydrogen-bond donors (Lipinski definition) is 1. The van der Waals surface area contributed by atoms with Crippen molar-refractivity contribution >= 4 is 11.8 Å². The summed E-state index contributed by atoms with van der Waals surface area (Å²) in [6.45, 7) is 8.04. The predicted octanol–water partition coefficient (Wildman–Crippen LogP) is 2.32. The van der Waals surface area contributed by atoms with E-state index < -0.39 is 0 Å². The standard InChI is InChI=1S/C10H16N2OS/c1-3-4-11-7-9(2)8-14-10-12-5-6-13-10/h5-6,11H,2-4,7-8H2,1H3. The number of oxazole rings is 1. The fourth-order valence-corrected chi connectivity index (χ4v) is 1.63. The van der Waals surface area contributed by atoms with Gasteiger partial charge in [-0.2, -0.15) is 0 Å². The smallest absolute Gasteiger partial charge is 0.255 e. The molecular weight excluding hydrogens is 196 g/mol. The van der Waals surface area contributed by atoms with Crippen LogP contribution in [0.15, 0.2) is 34.3 Å². The molecule has 0 saturated heterocycles. The summed E-state index contributed by atoms with van der Waals surface area (Å²) in [6.07, 6.45) is 4.39. The van der Waals surface area contributed by atoms with E-state index in [0.717, 1.165) is 25.3 Å². The summed E-state index contributed by atoms with van der Waals surface area (Å²) in [5, 5.41) is 4.01. The van der Waals surface area contributed by atoms with Gasteiger partial charge in [0.05, 0.1) is 6.20 Å². The minimum absolute atomic E-state index is 0.710. The maximum atomic E-state index is 5.10. The lowest BCUT2D eigenvalue weighted by molar-refractivity contribution is 0.454. The van der Waals surface area contributed by atoms with Crippen LogP contribution in [0.3, 0.4) is 0 Å². The lowest BCUT2D eigenvalue weighted by Gasteiger charge is -2.04. The Balaban J connectivity index is 2.09. The van der Waals surface area contributed by atoms with Crippen molar-refractivity contribution in [1.82, 2.24) is 10.3 Å². The maximum absolute atomic E-state index is 5.10. The molecule has 14 heavy (non-hydrogen) atoms. The van der Waals surface area contributed by atoms with Gasteiger partial charge in [-0.1, -0.05) is 30.8 Å². The first kappa shape index (κ1) is 11.3. The van der Waals surface area contributed by atoms with E-state index in [1.54, 1.807) is 24.2 Å². The Morgan fingerprint density at radius 1 is 1.71 bits per heavy atom. The second-order valence-corrected chi connectivity index (χ2v) is 3.94. The van der Waals surface area contributed by atoms with Crippen LogP contribution >= 0.6 is 11.8 Å². The highest BCUT2D eigenvalue weighted by molar-refractivity contribution is 7.99. The van der Waals surface area contributed by atoms with E-state index in [4.69, 9.17) is 4.42 Å². The van der Waals surface area contributed by atoms with Crippen LogP contribution in [0.2, 0.25) is 0 Å². The summed E-state index contributed by atoms with van der Waals surface area (Å²) in [7, 11) is 0. The molecule has 0 aliphatic rings. The van der Waals surface area contributed by atoms with Gasteiger partial charge in [-0.15, -0.1) is 0 Å². The molecule has 0 amide bonds. The highest BCUT2D eigenvalue weighted by atomic mass is 32.2. The van der Waals surface area contributed by atoms with Gasteiger partial charge in [-0.3, -0.25) is 0 Å². The molecule has 1 N–H and O–H groups in total. The minimum Gasteiger partial charge on any atom is -0.440 e. The van der Waals surface area contributed by atoms with Gasteiger partial charge in [-0.25, -0.2) is 4.98 Å². The number of rotatable bonds is 7. The number of nitrogens with one attached hydrogen (secondary N) is 1. The predicted molar refractivity (Wildman–Crippen MR) is 59.5 cm³/mol. The molecular formula is C10H16N2OS. The van der Waals surface area contributed by atoms with Crippen LogP contribution in [0.1, 0.15) is 13.3 Å². The zero-order valence-corrected chi connectivity index (χ0v) is 9.27. The molecule has 1 heterocycles. The Morgan fingerprint density at radius 3 is 3.21 bits per heavy atom. The van der Waals surface area contributed by atoms with E-state index in [1.807, 2.05) is 0 Å². The molecule has 0 saturated carbocycles. The highest BCUT2D eigenvalue weighted by Crippen LogP contribution is 2.16. The van der Waals surface area contributed by atoms with Crippen molar-refractivity contribution in [3.8, 4) is 0 Å². The first-order valence-corrected chi connectivity index (χ1v) is 5.71. The van der Waals surface area contributed by atoms with Crippen molar-refractivity contribution in [2.75, 3.05) is 18.8 Å². The van der Waals surface area contributed by atoms with Crippen LogP contribution in [-0.2, 0) is 0 Å². The van der Waals surface area contributed by atoms with E-state index in [-0.39, 0.29) is 0 Å². The minimum atomic E-state index is 0.710. The van der Waals surface area contributed by atoms with E-state index >= 15 is 0 Å². The lowest BCUT2D eigenvalue weighted by atomic mass is 10.3. The van der Waals surface area contributed by atoms with Gasteiger partial charge in [0.2, 0.25) is 0 Å². The van der Waals surface area contributed by atoms with Crippen molar-refractivity contribution in [1.29, 1.82) is 0 Å². The zero-order valence-electron chi connectivity index (χ0n) is 8.45. The molecule has 3 nitrogen and oxygen atoms in total. The average molecular weight is 212 g/mol. The SMILES string of the molecule is C=C(CNCCC)CSc1ncco1. The highest BCUT2D eigenvalue weighted by Gasteiger charge is 2.00. The largest absolute Gasteiger partial charge is 0.440 e. The van der Waals surface area contributed by atoms with Crippen molar-refractivity contribution in [2.24, 2.45) is 0 Å². The molecule has 78 valence electrons. The van der Waals surface area contributed by atoms with Crippen LogP contribution in [0.25, 0.3) is 0 Å². The van der Waals surface area contributed by atoms with Crippen LogP contribution in [0.5, 0.6) is 0 Å². The topological polar surface area (TPSA) is 38.1 Å². The number of nitrogens with zero attached hydrogens (tertiary/aromatic N) is 1. The van der Waals surface area contributed by atoms with E-state index in [2.05, 4.69) is 23.8 Å². The molecule has 0 aliphatic heterocycles. The molecule has 0 bridgehead atoms. The molecule has 0 fully saturated rings. The van der Waals surface area contributed by atoms with E-state index in [0.29, 0.717) is 5.22 Å². The van der Waals surface area contributed by atoms with Crippen LogP contribution in [0.4, 0.5) is 0 Å². The zero-order chi connectivity index (χ0) is 10.2. The maximum Gasteiger partial charge on any atom is 0.255 e. The molecule has 0 radical (unpaired) electrons. The van der Waals surface area contributed by atoms with Gasteiger partial charge in [0.25, 0.3) is 5.22 Å². The fraction of sp³-hybridized carbons (Fsp3) is 0.500. The van der Waals surface area contributed by atoms with Gasteiger partial charge < -0.3 is 9.73 Å². The van der Waals surface area contributed by atoms with Crippen LogP contribution < -0.4 is 5.32 Å². The van der Waals surface area contributed by atoms with Crippen LogP contribution in [-0.4, -0.2) is 23.8 Å². The van der Waals surface area contributed by atoms with Gasteiger partial charge in [-0.05, 0) is 13.0 Å². The van der Waals surface area contributed by atoms with Crippen LogP contribution in [0, 0.1) is 0 Å². The van der Waals surface area contributed by atoms with Gasteiger partial charge in [0.1, 0.15) is 6.26 Å². The molecule has 1 rings (SSSR count). The van der Waals surface area contributed by atoms with Crippen molar-refractivity contribution in [3.05, 3.63) is 24.6 Å². The number of aromatic nitrogens is 1. The Kier molecular flexibility index (Phi) is 5.40. The molecule has 1 aromatic heterocycles. The molecule has 0 aliphatic carbocycles. The Hall–Kier alpha value is -0.740. The van der Waals surface area contributed by atoms with Gasteiger partial charge in [0, 0.05) is 12.3 Å². The Labute approximate surface area is 89.0 Å². The Morgan fingerprint density at radius 2 is 2.57 bits per heavy atom. The molecule has 0 atom stereocenters. The Bertz CT molecular complexity index is 259. The van der Waals surface area contributed by atoms with Crippen molar-refractivity contribution in [2.45, 2.75) is 18.6 Å². The normalized spacial score (nSPS) is 10.4. The second kappa shape index (κ2) is 6.68. The lowest BCUT2D eigenvalue weighted by Crippen LogP contribution is -2.18. The molecule has 1 aromatic rings. The molecule has 4 heteroatoms. The third kappa shape index (κ3) is 4.48. The van der Waals surface area contributed by atoms with Gasteiger partial charge in [0.15, 0.2) is 0 Å². The number of hydrogen-bond acceptors (Lipinski definition) is 4. The molecule has 0 unspecified atom stereocenters. The van der Waals surface area contributed by atoms with E-state index in [1.165, 1.54) is 5.57 Å². The monoisotopic (exact) mass is 212 g/mol. The first-order valence-electron chi connectivity index (χ1n) is 4.72. The molecule has 0 aromatic carbocycles. The first-order chi connectivity index (χ1) is 6.83. The average Bonchev–Trinajstić information content (AvgIpc) is 2.68. The van der Waals surface area contributed by atoms with E-state index in [9.17, 15) is 0 Å². The third-order valence-corrected chi connectivity index (χ3v) is 2.61. The quantitative estimate of drug-likeness (QED) is 0.427. The van der Waals surface area contributed by atoms with Gasteiger partial charge >= 0.3 is 0 Å². The summed E-state index contributed by atoms with van der Waals surface area (Å²) < 4.78 is 5.10. The third-order valence-electron chi connectivity index (χ3n) is 1.61. The van der Waals surface area contributed by atoms with Crippen molar-refractivity contribution < 1.29 is 4.42 Å². The summed E-state index contributed by atoms with van der Waals surface area (Å²) in [6, 6.07) is 0. The van der Waals surface area contributed by atoms with Crippen molar-refractivity contribution in [3.63, 3.8) is 0 Å². The second-order valence-electron chi connectivity index (χ2n) is 3.01. The summed E-state index contributed by atoms with van der Waals surface area (Å²) in [5.74, 6) is 0.858. The fourth-order valence-electron chi connectivity index (χ4n) is 0.938. The summed E-state index contributed by atoms with van der Waals surface area (Å²) in [4.78, 5) is 4.02. The molecule has 0 spiro atoms. The summed E-state index contributed by atoms with van der Waals surface area (Å²) >= 11 is 1.58. The number of thioether (sulfide) groups is 1. The summed E-state index contributed by atoms with van der Waals surface area (Å²) in [5.41, 5.74) is 1.17.